The van der Waals surface area contributed by atoms with Crippen molar-refractivity contribution < 1.29 is 4.79 Å². The Balaban J connectivity index is 0.00000225. The van der Waals surface area contributed by atoms with Gasteiger partial charge < -0.3 is 15.5 Å². The van der Waals surface area contributed by atoms with Crippen LogP contribution >= 0.6 is 24.0 Å². The van der Waals surface area contributed by atoms with E-state index in [2.05, 4.69) is 39.9 Å². The highest BCUT2D eigenvalue weighted by Crippen LogP contribution is 2.17. The summed E-state index contributed by atoms with van der Waals surface area (Å²) < 4.78 is 0. The van der Waals surface area contributed by atoms with Crippen LogP contribution in [0.5, 0.6) is 0 Å². The highest BCUT2D eigenvalue weighted by Gasteiger charge is 2.21. The molecule has 0 atom stereocenters. The number of hydrogen-bond donors (Lipinski definition) is 2. The van der Waals surface area contributed by atoms with Crippen molar-refractivity contribution in [3.05, 3.63) is 47.5 Å². The van der Waals surface area contributed by atoms with Gasteiger partial charge >= 0.3 is 0 Å². The molecule has 2 N–H and O–H groups in total. The second kappa shape index (κ2) is 9.79. The van der Waals surface area contributed by atoms with Crippen LogP contribution in [0.3, 0.4) is 0 Å². The fraction of sp³-hybridized carbons (Fsp3) is 0.474. The van der Waals surface area contributed by atoms with E-state index in [4.69, 9.17) is 0 Å². The standard InChI is InChI=1S/C19H26N4O.HI/c1-20-19(22-17-9-4-5-10-17)21-13-15-7-2-3-8-16(15)14-23-12-6-11-18(23)24;/h2-5,7-8,17H,6,9-14H2,1H3,(H2,20,21,22);1H. The first kappa shape index (κ1) is 19.8. The van der Waals surface area contributed by atoms with Crippen molar-refractivity contribution in [1.82, 2.24) is 15.5 Å². The van der Waals surface area contributed by atoms with Crippen LogP contribution in [0.4, 0.5) is 0 Å². The van der Waals surface area contributed by atoms with Crippen molar-refractivity contribution in [2.75, 3.05) is 13.6 Å². The zero-order chi connectivity index (χ0) is 16.8. The van der Waals surface area contributed by atoms with E-state index in [0.29, 0.717) is 25.6 Å². The molecule has 1 aromatic rings. The summed E-state index contributed by atoms with van der Waals surface area (Å²) >= 11 is 0. The molecule has 5 nitrogen and oxygen atoms in total. The quantitative estimate of drug-likeness (QED) is 0.312. The van der Waals surface area contributed by atoms with Crippen LogP contribution in [-0.2, 0) is 17.9 Å². The van der Waals surface area contributed by atoms with Gasteiger partial charge in [-0.05, 0) is 30.4 Å². The first-order valence-corrected chi connectivity index (χ1v) is 8.73. The van der Waals surface area contributed by atoms with Gasteiger partial charge in [-0.1, -0.05) is 36.4 Å². The van der Waals surface area contributed by atoms with Crippen molar-refractivity contribution in [2.24, 2.45) is 4.99 Å². The summed E-state index contributed by atoms with van der Waals surface area (Å²) in [4.78, 5) is 18.1. The molecule has 0 bridgehead atoms. The Hall–Kier alpha value is -1.57. The number of hydrogen-bond acceptors (Lipinski definition) is 2. The Morgan fingerprint density at radius 2 is 1.96 bits per heavy atom. The van der Waals surface area contributed by atoms with E-state index >= 15 is 0 Å². The molecule has 0 radical (unpaired) electrons. The lowest BCUT2D eigenvalue weighted by Gasteiger charge is -2.20. The third-order valence-electron chi connectivity index (χ3n) is 4.67. The van der Waals surface area contributed by atoms with Crippen LogP contribution in [-0.4, -0.2) is 36.4 Å². The Bertz CT molecular complexity index is 636. The number of amides is 1. The Morgan fingerprint density at radius 3 is 2.60 bits per heavy atom. The van der Waals surface area contributed by atoms with Gasteiger partial charge in [-0.3, -0.25) is 9.79 Å². The number of carbonyl (C=O) groups excluding carboxylic acids is 1. The molecule has 136 valence electrons. The van der Waals surface area contributed by atoms with E-state index in [0.717, 1.165) is 31.8 Å². The van der Waals surface area contributed by atoms with E-state index in [-0.39, 0.29) is 29.9 Å². The van der Waals surface area contributed by atoms with Crippen LogP contribution in [0.2, 0.25) is 0 Å². The maximum Gasteiger partial charge on any atom is 0.222 e. The molecule has 1 fully saturated rings. The number of aliphatic imine (C=N–C) groups is 1. The lowest BCUT2D eigenvalue weighted by Crippen LogP contribution is -2.42. The van der Waals surface area contributed by atoms with Crippen LogP contribution in [0.1, 0.15) is 36.8 Å². The molecule has 0 aromatic heterocycles. The summed E-state index contributed by atoms with van der Waals surface area (Å²) in [5.74, 6) is 1.10. The fourth-order valence-electron chi connectivity index (χ4n) is 3.26. The van der Waals surface area contributed by atoms with E-state index in [1.807, 2.05) is 17.0 Å². The van der Waals surface area contributed by atoms with E-state index in [9.17, 15) is 4.79 Å². The molecular formula is C19H27IN4O. The molecule has 2 aliphatic rings. The zero-order valence-corrected chi connectivity index (χ0v) is 17.0. The first-order valence-electron chi connectivity index (χ1n) is 8.73. The van der Waals surface area contributed by atoms with Crippen LogP contribution in [0, 0.1) is 0 Å². The third kappa shape index (κ3) is 5.45. The normalized spacial score (nSPS) is 17.7. The molecule has 6 heteroatoms. The van der Waals surface area contributed by atoms with Gasteiger partial charge in [0.15, 0.2) is 5.96 Å². The molecule has 0 saturated carbocycles. The Labute approximate surface area is 167 Å². The third-order valence-corrected chi connectivity index (χ3v) is 4.67. The molecule has 1 aliphatic heterocycles. The minimum absolute atomic E-state index is 0. The van der Waals surface area contributed by atoms with E-state index in [1.54, 1.807) is 7.05 Å². The molecule has 0 spiro atoms. The molecule has 1 saturated heterocycles. The molecule has 1 amide bonds. The van der Waals surface area contributed by atoms with Crippen LogP contribution in [0.15, 0.2) is 41.4 Å². The summed E-state index contributed by atoms with van der Waals surface area (Å²) in [5.41, 5.74) is 2.42. The number of nitrogens with zero attached hydrogens (tertiary/aromatic N) is 2. The predicted molar refractivity (Wildman–Crippen MR) is 112 cm³/mol. The number of carbonyl (C=O) groups is 1. The SMILES string of the molecule is CN=C(NCc1ccccc1CN1CCCC1=O)NC1CC=CC1.I. The first-order chi connectivity index (χ1) is 11.8. The average Bonchev–Trinajstić information content (AvgIpc) is 3.25. The molecule has 0 unspecified atom stereocenters. The average molecular weight is 454 g/mol. The second-order valence-corrected chi connectivity index (χ2v) is 6.40. The van der Waals surface area contributed by atoms with Crippen molar-refractivity contribution in [1.29, 1.82) is 0 Å². The zero-order valence-electron chi connectivity index (χ0n) is 14.7. The summed E-state index contributed by atoms with van der Waals surface area (Å²) in [5, 5.41) is 6.84. The van der Waals surface area contributed by atoms with Crippen molar-refractivity contribution >= 4 is 35.8 Å². The largest absolute Gasteiger partial charge is 0.353 e. The molecule has 1 heterocycles. The topological polar surface area (TPSA) is 56.7 Å². The number of likely N-dealkylation sites (tertiary alicyclic amines) is 1. The summed E-state index contributed by atoms with van der Waals surface area (Å²) in [7, 11) is 1.80. The highest BCUT2D eigenvalue weighted by atomic mass is 127. The minimum Gasteiger partial charge on any atom is -0.353 e. The molecular weight excluding hydrogens is 427 g/mol. The van der Waals surface area contributed by atoms with Gasteiger partial charge in [-0.15, -0.1) is 24.0 Å². The molecule has 3 rings (SSSR count). The number of benzene rings is 1. The molecule has 1 aromatic carbocycles. The fourth-order valence-corrected chi connectivity index (χ4v) is 3.26. The second-order valence-electron chi connectivity index (χ2n) is 6.40. The lowest BCUT2D eigenvalue weighted by atomic mass is 10.1. The monoisotopic (exact) mass is 454 g/mol. The number of guanidine groups is 1. The minimum atomic E-state index is 0. The van der Waals surface area contributed by atoms with Gasteiger partial charge in [0.05, 0.1) is 0 Å². The Kier molecular flexibility index (Phi) is 7.74. The van der Waals surface area contributed by atoms with Crippen molar-refractivity contribution in [3.63, 3.8) is 0 Å². The maximum atomic E-state index is 11.9. The van der Waals surface area contributed by atoms with Gasteiger partial charge in [0.25, 0.3) is 0 Å². The van der Waals surface area contributed by atoms with E-state index < -0.39 is 0 Å². The van der Waals surface area contributed by atoms with Gasteiger partial charge in [-0.2, -0.15) is 0 Å². The molecule has 25 heavy (non-hydrogen) atoms. The van der Waals surface area contributed by atoms with Gasteiger partial charge in [0.1, 0.15) is 0 Å². The Morgan fingerprint density at radius 1 is 1.24 bits per heavy atom. The van der Waals surface area contributed by atoms with Crippen molar-refractivity contribution in [3.8, 4) is 0 Å². The van der Waals surface area contributed by atoms with Gasteiger partial charge in [0.2, 0.25) is 5.91 Å². The number of halogens is 1. The summed E-state index contributed by atoms with van der Waals surface area (Å²) in [6, 6.07) is 8.75. The van der Waals surface area contributed by atoms with E-state index in [1.165, 1.54) is 11.1 Å². The van der Waals surface area contributed by atoms with Crippen LogP contribution < -0.4 is 10.6 Å². The summed E-state index contributed by atoms with van der Waals surface area (Å²) in [6.45, 7) is 2.28. The van der Waals surface area contributed by atoms with Gasteiger partial charge in [-0.25, -0.2) is 0 Å². The lowest BCUT2D eigenvalue weighted by molar-refractivity contribution is -0.128. The predicted octanol–water partition coefficient (Wildman–Crippen LogP) is 2.81. The maximum absolute atomic E-state index is 11.9. The smallest absolute Gasteiger partial charge is 0.222 e. The van der Waals surface area contributed by atoms with Crippen molar-refractivity contribution in [2.45, 2.75) is 44.8 Å². The van der Waals surface area contributed by atoms with Crippen LogP contribution in [0.25, 0.3) is 0 Å². The number of nitrogens with one attached hydrogen (secondary N) is 2. The summed E-state index contributed by atoms with van der Waals surface area (Å²) in [6.07, 6.45) is 8.17. The highest BCUT2D eigenvalue weighted by molar-refractivity contribution is 14.0. The number of rotatable bonds is 5. The van der Waals surface area contributed by atoms with Gasteiger partial charge in [0, 0.05) is 39.1 Å². The molecule has 1 aliphatic carbocycles.